The Morgan fingerprint density at radius 2 is 0.686 bits per heavy atom. The minimum absolute atomic E-state index is 0.502. The van der Waals surface area contributed by atoms with Gasteiger partial charge in [-0.05, 0) is 62.0 Å². The van der Waals surface area contributed by atoms with Gasteiger partial charge in [0.1, 0.15) is 0 Å². The average Bonchev–Trinajstić information content (AvgIpc) is 3.49. The maximum absolute atomic E-state index is 2.74. The Morgan fingerprint density at radius 3 is 0.886 bits per heavy atom. The minimum Gasteiger partial charge on any atom is -0.0691 e. The zero-order valence-electron chi connectivity index (χ0n) is 25.4. The van der Waals surface area contributed by atoms with Gasteiger partial charge >= 0.3 is 0 Å². The minimum atomic E-state index is -1.42. The van der Waals surface area contributed by atoms with E-state index in [2.05, 4.69) is 125 Å². The van der Waals surface area contributed by atoms with Gasteiger partial charge in [0, 0.05) is 0 Å². The van der Waals surface area contributed by atoms with E-state index >= 15 is 0 Å². The summed E-state index contributed by atoms with van der Waals surface area (Å²) in [6.07, 6.45) is 0. The maximum atomic E-state index is 2.74. The van der Waals surface area contributed by atoms with Crippen LogP contribution in [0, 0.1) is 41.5 Å². The summed E-state index contributed by atoms with van der Waals surface area (Å²) in [5, 5.41) is 2.44. The molecule has 0 aromatic heterocycles. The molecule has 4 aliphatic carbocycles. The van der Waals surface area contributed by atoms with Crippen molar-refractivity contribution in [1.29, 1.82) is 0 Å². The quantitative estimate of drug-likeness (QED) is 0.340. The highest BCUT2D eigenvalue weighted by Gasteiger charge is 3.38. The molecule has 188 valence electrons. The van der Waals surface area contributed by atoms with Crippen LogP contribution in [0.5, 0.6) is 0 Å². The second kappa shape index (κ2) is 6.58. The van der Waals surface area contributed by atoms with Crippen molar-refractivity contribution >= 4 is 41.9 Å². The Bertz CT molecular complexity index is 1110. The Morgan fingerprint density at radius 1 is 0.457 bits per heavy atom. The molecule has 0 N–H and O–H groups in total. The zero-order valence-corrected chi connectivity index (χ0v) is 28.4. The van der Waals surface area contributed by atoms with Crippen LogP contribution in [0.2, 0.25) is 79.4 Å². The third kappa shape index (κ3) is 2.31. The van der Waals surface area contributed by atoms with E-state index in [-0.39, 0.29) is 0 Å². The van der Waals surface area contributed by atoms with Gasteiger partial charge in [0.25, 0.3) is 0 Å². The van der Waals surface area contributed by atoms with Crippen molar-refractivity contribution in [2.45, 2.75) is 121 Å². The predicted octanol–water partition coefficient (Wildman–Crippen LogP) is 8.16. The fourth-order valence-corrected chi connectivity index (χ4v) is 32.9. The van der Waals surface area contributed by atoms with Crippen LogP contribution in [0.1, 0.15) is 33.4 Å². The van der Waals surface area contributed by atoms with Crippen LogP contribution in [0.3, 0.4) is 0 Å². The number of hydrogen-bond acceptors (Lipinski definition) is 0. The molecule has 0 bridgehead atoms. The largest absolute Gasteiger partial charge is 0.217 e. The second-order valence-corrected chi connectivity index (χ2v) is 31.6. The highest BCUT2D eigenvalue weighted by Crippen LogP contribution is 3.54. The highest BCUT2D eigenvalue weighted by atomic mass is 28.3. The van der Waals surface area contributed by atoms with E-state index in [1.807, 2.05) is 0 Å². The maximum Gasteiger partial charge on any atom is 0.217 e. The molecule has 0 heterocycles. The normalized spacial score (nSPS) is 32.9. The molecule has 0 amide bonds. The monoisotopic (exact) mass is 516 g/mol. The first-order valence-electron chi connectivity index (χ1n) is 13.9. The molecule has 2 aromatic carbocycles. The standard InChI is InChI=1S/C31H49BSi3/c1-20-16-22(3)26(23(4)17-20)32(27-24(5)18-21(2)19-25(27)6)28-29(33(7,8)9)30(28,34(10,11)12)31(28,29)35(13,14)15/h16-19H,1-15H3. The SMILES string of the molecule is Cc1cc(C)c(B(c2c(C)cc(C)cc2C)C23C4([Si](C)(C)C)C2([Si](C)(C)C)C34[Si](C)(C)C)c(C)c1. The Kier molecular flexibility index (Phi) is 4.85. The van der Waals surface area contributed by atoms with Gasteiger partial charge < -0.3 is 0 Å². The lowest BCUT2D eigenvalue weighted by atomic mass is 9.33. The molecule has 4 fully saturated rings. The van der Waals surface area contributed by atoms with Crippen LogP contribution < -0.4 is 10.9 Å². The lowest BCUT2D eigenvalue weighted by molar-refractivity contribution is 1.27. The van der Waals surface area contributed by atoms with Crippen LogP contribution in [0.4, 0.5) is 0 Å². The summed E-state index contributed by atoms with van der Waals surface area (Å²) in [5.74, 6) is 0. The average molecular weight is 517 g/mol. The molecular formula is C31H49BSi3. The molecule has 0 radical (unpaired) electrons. The summed E-state index contributed by atoms with van der Waals surface area (Å²) in [4.78, 5) is 0. The number of hydrogen-bond donors (Lipinski definition) is 0. The van der Waals surface area contributed by atoms with E-state index in [9.17, 15) is 0 Å². The van der Waals surface area contributed by atoms with Gasteiger partial charge in [-0.15, -0.1) is 0 Å². The van der Waals surface area contributed by atoms with Gasteiger partial charge in [0.2, 0.25) is 6.71 Å². The van der Waals surface area contributed by atoms with E-state index in [4.69, 9.17) is 0 Å². The van der Waals surface area contributed by atoms with Crippen LogP contribution in [0.25, 0.3) is 0 Å². The van der Waals surface area contributed by atoms with Gasteiger partial charge in [-0.3, -0.25) is 0 Å². The van der Waals surface area contributed by atoms with Crippen LogP contribution >= 0.6 is 0 Å². The smallest absolute Gasteiger partial charge is 0.0691 e. The topological polar surface area (TPSA) is 0 Å². The fourth-order valence-electron chi connectivity index (χ4n) is 11.8. The first-order chi connectivity index (χ1) is 15.8. The molecule has 0 saturated heterocycles. The first kappa shape index (κ1) is 25.8. The van der Waals surface area contributed by atoms with Gasteiger partial charge in [-0.1, -0.05) is 127 Å². The van der Waals surface area contributed by atoms with Crippen molar-refractivity contribution in [1.82, 2.24) is 0 Å². The third-order valence-corrected chi connectivity index (χ3v) is 22.0. The van der Waals surface area contributed by atoms with E-state index in [0.717, 1.165) is 0 Å². The van der Waals surface area contributed by atoms with Crippen molar-refractivity contribution in [3.05, 3.63) is 57.6 Å². The summed E-state index contributed by atoms with van der Waals surface area (Å²) < 4.78 is 0. The van der Waals surface area contributed by atoms with Crippen molar-refractivity contribution < 1.29 is 0 Å². The second-order valence-electron chi connectivity index (χ2n) is 15.9. The van der Waals surface area contributed by atoms with Crippen LogP contribution in [0.15, 0.2) is 24.3 Å². The predicted molar refractivity (Wildman–Crippen MR) is 167 cm³/mol. The summed E-state index contributed by atoms with van der Waals surface area (Å²) in [5.41, 5.74) is 12.3. The van der Waals surface area contributed by atoms with Crippen molar-refractivity contribution in [3.63, 3.8) is 0 Å². The molecule has 4 saturated carbocycles. The molecule has 0 spiro atoms. The van der Waals surface area contributed by atoms with Crippen molar-refractivity contribution in [2.75, 3.05) is 0 Å². The Hall–Kier alpha value is -0.844. The van der Waals surface area contributed by atoms with Gasteiger partial charge in [-0.25, -0.2) is 0 Å². The van der Waals surface area contributed by atoms with E-state index in [0.29, 0.717) is 27.1 Å². The van der Waals surface area contributed by atoms with E-state index in [1.165, 1.54) is 33.4 Å². The highest BCUT2D eigenvalue weighted by molar-refractivity contribution is 7.15. The third-order valence-electron chi connectivity index (χ3n) is 11.1. The van der Waals surface area contributed by atoms with Crippen molar-refractivity contribution in [2.24, 2.45) is 0 Å². The van der Waals surface area contributed by atoms with Crippen LogP contribution in [-0.2, 0) is 0 Å². The molecule has 4 aliphatic rings. The summed E-state index contributed by atoms with van der Waals surface area (Å²) in [7, 11) is -4.27. The lowest BCUT2D eigenvalue weighted by Gasteiger charge is -2.26. The molecule has 4 heteroatoms. The molecule has 0 atom stereocenters. The van der Waals surface area contributed by atoms with Crippen molar-refractivity contribution in [3.8, 4) is 0 Å². The zero-order chi connectivity index (χ0) is 26.5. The summed E-state index contributed by atoms with van der Waals surface area (Å²) >= 11 is 0. The summed E-state index contributed by atoms with van der Waals surface area (Å²) in [6, 6.07) is 9.90. The molecule has 0 aliphatic heterocycles. The Labute approximate surface area is 219 Å². The summed E-state index contributed by atoms with van der Waals surface area (Å²) in [6.45, 7) is 39.4. The molecule has 0 nitrogen and oxygen atoms in total. The molecule has 35 heavy (non-hydrogen) atoms. The van der Waals surface area contributed by atoms with Gasteiger partial charge in [0.05, 0.1) is 24.2 Å². The molecular weight excluding hydrogens is 467 g/mol. The van der Waals surface area contributed by atoms with Gasteiger partial charge in [0.15, 0.2) is 0 Å². The number of rotatable bonds is 6. The van der Waals surface area contributed by atoms with E-state index < -0.39 is 24.2 Å². The molecule has 0 unspecified atom stereocenters. The number of aryl methyl sites for hydroxylation is 6. The molecule has 2 aromatic rings. The lowest BCUT2D eigenvalue weighted by Crippen LogP contribution is -2.49. The first-order valence-corrected chi connectivity index (χ1v) is 24.4. The fraction of sp³-hybridized carbons (Fsp3) is 0.613. The Balaban J connectivity index is 1.91. The van der Waals surface area contributed by atoms with Gasteiger partial charge in [-0.2, -0.15) is 0 Å². The molecule has 6 rings (SSSR count). The van der Waals surface area contributed by atoms with Crippen LogP contribution in [-0.4, -0.2) is 30.9 Å². The van der Waals surface area contributed by atoms with E-state index in [1.54, 1.807) is 10.9 Å². The number of benzene rings is 2.